The van der Waals surface area contributed by atoms with Crippen LogP contribution in [0.2, 0.25) is 0 Å². The van der Waals surface area contributed by atoms with Crippen LogP contribution in [0.15, 0.2) is 58.5 Å². The molecule has 0 amide bonds. The Bertz CT molecular complexity index is 859. The molecule has 0 aliphatic heterocycles. The minimum absolute atomic E-state index is 0.772. The van der Waals surface area contributed by atoms with Gasteiger partial charge in [-0.25, -0.2) is 0 Å². The van der Waals surface area contributed by atoms with Gasteiger partial charge in [-0.1, -0.05) is 24.3 Å². The first kappa shape index (κ1) is 14.2. The Morgan fingerprint density at radius 2 is 2.13 bits per heavy atom. The van der Waals surface area contributed by atoms with Crippen LogP contribution >= 0.6 is 11.3 Å². The van der Waals surface area contributed by atoms with Crippen LogP contribution in [-0.2, 0) is 13.0 Å². The Balaban J connectivity index is 1.45. The molecular formula is C18H17N3OS. The van der Waals surface area contributed by atoms with Crippen LogP contribution in [0.5, 0.6) is 0 Å². The van der Waals surface area contributed by atoms with Crippen molar-refractivity contribution in [1.82, 2.24) is 15.5 Å². The van der Waals surface area contributed by atoms with Gasteiger partial charge in [0, 0.05) is 28.9 Å². The number of H-pyrrole nitrogens is 1. The van der Waals surface area contributed by atoms with Crippen molar-refractivity contribution in [2.45, 2.75) is 13.0 Å². The molecule has 0 fully saturated rings. The highest BCUT2D eigenvalue weighted by Gasteiger charge is 2.12. The van der Waals surface area contributed by atoms with Gasteiger partial charge in [-0.05, 0) is 30.0 Å². The molecule has 23 heavy (non-hydrogen) atoms. The lowest BCUT2D eigenvalue weighted by molar-refractivity contribution is 0.625. The Morgan fingerprint density at radius 1 is 1.17 bits per heavy atom. The molecule has 0 spiro atoms. The van der Waals surface area contributed by atoms with Gasteiger partial charge in [0.2, 0.25) is 0 Å². The van der Waals surface area contributed by atoms with E-state index in [1.54, 1.807) is 11.3 Å². The van der Waals surface area contributed by atoms with Crippen molar-refractivity contribution < 1.29 is 4.42 Å². The summed E-state index contributed by atoms with van der Waals surface area (Å²) in [6.45, 7) is 1.72. The lowest BCUT2D eigenvalue weighted by Crippen LogP contribution is -2.16. The topological polar surface area (TPSA) is 53.9 Å². The van der Waals surface area contributed by atoms with Crippen LogP contribution in [0.4, 0.5) is 0 Å². The molecule has 0 saturated heterocycles. The summed E-state index contributed by atoms with van der Waals surface area (Å²) in [6, 6.07) is 14.3. The lowest BCUT2D eigenvalue weighted by atomic mass is 10.2. The van der Waals surface area contributed by atoms with Crippen molar-refractivity contribution in [2.24, 2.45) is 0 Å². The summed E-state index contributed by atoms with van der Waals surface area (Å²) in [4.78, 5) is 1.40. The number of furan rings is 1. The van der Waals surface area contributed by atoms with Gasteiger partial charge in [-0.15, -0.1) is 11.3 Å². The van der Waals surface area contributed by atoms with E-state index in [0.717, 1.165) is 47.5 Å². The van der Waals surface area contributed by atoms with Gasteiger partial charge in [-0.2, -0.15) is 5.10 Å². The fourth-order valence-corrected chi connectivity index (χ4v) is 3.36. The summed E-state index contributed by atoms with van der Waals surface area (Å²) < 4.78 is 5.92. The Kier molecular flexibility index (Phi) is 3.96. The molecular weight excluding hydrogens is 306 g/mol. The molecule has 0 saturated carbocycles. The van der Waals surface area contributed by atoms with E-state index in [2.05, 4.69) is 45.2 Å². The molecule has 0 bridgehead atoms. The second-order valence-corrected chi connectivity index (χ2v) is 6.46. The highest BCUT2D eigenvalue weighted by atomic mass is 32.1. The van der Waals surface area contributed by atoms with E-state index in [1.165, 1.54) is 4.88 Å². The number of benzene rings is 1. The standard InChI is InChI=1S/C18H17N3OS/c1-2-6-16-13(4-1)10-17(22-16)18-14(12-20-21-18)11-19-8-7-15-5-3-9-23-15/h1-6,9-10,12,19H,7-8,11H2,(H,20,21). The summed E-state index contributed by atoms with van der Waals surface area (Å²) in [5, 5.41) is 13.9. The number of aromatic nitrogens is 2. The van der Waals surface area contributed by atoms with E-state index in [1.807, 2.05) is 24.4 Å². The normalized spacial score (nSPS) is 11.3. The number of rotatable bonds is 6. The molecule has 116 valence electrons. The van der Waals surface area contributed by atoms with Crippen LogP contribution in [0.25, 0.3) is 22.4 Å². The second-order valence-electron chi connectivity index (χ2n) is 5.42. The van der Waals surface area contributed by atoms with Crippen LogP contribution in [0, 0.1) is 0 Å². The number of hydrogen-bond donors (Lipinski definition) is 2. The van der Waals surface area contributed by atoms with Crippen molar-refractivity contribution in [3.05, 3.63) is 64.5 Å². The summed E-state index contributed by atoms with van der Waals surface area (Å²) in [5.74, 6) is 0.832. The first-order valence-corrected chi connectivity index (χ1v) is 8.52. The van der Waals surface area contributed by atoms with E-state index >= 15 is 0 Å². The van der Waals surface area contributed by atoms with Crippen LogP contribution in [-0.4, -0.2) is 16.7 Å². The summed E-state index contributed by atoms with van der Waals surface area (Å²) in [7, 11) is 0. The quantitative estimate of drug-likeness (QED) is 0.522. The Hall–Kier alpha value is -2.37. The maximum Gasteiger partial charge on any atom is 0.153 e. The van der Waals surface area contributed by atoms with E-state index < -0.39 is 0 Å². The number of aromatic amines is 1. The molecule has 2 N–H and O–H groups in total. The molecule has 4 nitrogen and oxygen atoms in total. The van der Waals surface area contributed by atoms with Gasteiger partial charge in [-0.3, -0.25) is 5.10 Å². The molecule has 0 aliphatic carbocycles. The van der Waals surface area contributed by atoms with Crippen molar-refractivity contribution in [3.8, 4) is 11.5 Å². The third-order valence-corrected chi connectivity index (χ3v) is 4.77. The molecule has 3 aromatic heterocycles. The molecule has 0 aliphatic rings. The number of thiophene rings is 1. The smallest absolute Gasteiger partial charge is 0.153 e. The minimum atomic E-state index is 0.772. The zero-order valence-corrected chi connectivity index (χ0v) is 13.4. The zero-order valence-electron chi connectivity index (χ0n) is 12.6. The van der Waals surface area contributed by atoms with E-state index in [-0.39, 0.29) is 0 Å². The van der Waals surface area contributed by atoms with Crippen LogP contribution < -0.4 is 5.32 Å². The monoisotopic (exact) mass is 323 g/mol. The van der Waals surface area contributed by atoms with E-state index in [0.29, 0.717) is 0 Å². The number of nitrogens with one attached hydrogen (secondary N) is 2. The number of para-hydroxylation sites is 1. The van der Waals surface area contributed by atoms with Gasteiger partial charge < -0.3 is 9.73 Å². The maximum atomic E-state index is 5.92. The molecule has 0 unspecified atom stereocenters. The molecule has 0 atom stereocenters. The van der Waals surface area contributed by atoms with Crippen LogP contribution in [0.3, 0.4) is 0 Å². The van der Waals surface area contributed by atoms with Gasteiger partial charge in [0.05, 0.1) is 6.20 Å². The summed E-state index contributed by atoms with van der Waals surface area (Å²) in [6.07, 6.45) is 2.91. The number of nitrogens with zero attached hydrogens (tertiary/aromatic N) is 1. The van der Waals surface area contributed by atoms with Gasteiger partial charge >= 0.3 is 0 Å². The fourth-order valence-electron chi connectivity index (χ4n) is 2.65. The third-order valence-electron chi connectivity index (χ3n) is 3.83. The first-order chi connectivity index (χ1) is 11.4. The molecule has 4 rings (SSSR count). The number of hydrogen-bond acceptors (Lipinski definition) is 4. The van der Waals surface area contributed by atoms with Crippen LogP contribution in [0.1, 0.15) is 10.4 Å². The second kappa shape index (κ2) is 6.40. The first-order valence-electron chi connectivity index (χ1n) is 7.64. The van der Waals surface area contributed by atoms with E-state index in [4.69, 9.17) is 4.42 Å². The average Bonchev–Trinajstić information content (AvgIpc) is 3.30. The molecule has 5 heteroatoms. The summed E-state index contributed by atoms with van der Waals surface area (Å²) >= 11 is 1.80. The predicted molar refractivity (Wildman–Crippen MR) is 93.5 cm³/mol. The van der Waals surface area contributed by atoms with Crippen molar-refractivity contribution in [1.29, 1.82) is 0 Å². The molecule has 1 aromatic carbocycles. The SMILES string of the molecule is c1csc(CCNCc2cn[nH]c2-c2cc3ccccc3o2)c1. The maximum absolute atomic E-state index is 5.92. The minimum Gasteiger partial charge on any atom is -0.454 e. The van der Waals surface area contributed by atoms with Gasteiger partial charge in [0.1, 0.15) is 11.3 Å². The zero-order chi connectivity index (χ0) is 15.5. The largest absolute Gasteiger partial charge is 0.454 e. The average molecular weight is 323 g/mol. The van der Waals surface area contributed by atoms with Crippen molar-refractivity contribution >= 4 is 22.3 Å². The molecule has 4 aromatic rings. The van der Waals surface area contributed by atoms with Gasteiger partial charge in [0.25, 0.3) is 0 Å². The summed E-state index contributed by atoms with van der Waals surface area (Å²) in [5.41, 5.74) is 2.97. The highest BCUT2D eigenvalue weighted by molar-refractivity contribution is 7.09. The molecule has 0 radical (unpaired) electrons. The highest BCUT2D eigenvalue weighted by Crippen LogP contribution is 2.28. The Labute approximate surface area is 138 Å². The van der Waals surface area contributed by atoms with E-state index in [9.17, 15) is 0 Å². The Morgan fingerprint density at radius 3 is 3.00 bits per heavy atom. The van der Waals surface area contributed by atoms with Crippen molar-refractivity contribution in [2.75, 3.05) is 6.54 Å². The van der Waals surface area contributed by atoms with Gasteiger partial charge in [0.15, 0.2) is 5.76 Å². The van der Waals surface area contributed by atoms with Crippen molar-refractivity contribution in [3.63, 3.8) is 0 Å². The predicted octanol–water partition coefficient (Wildman–Crippen LogP) is 4.22. The lowest BCUT2D eigenvalue weighted by Gasteiger charge is -2.03. The number of fused-ring (bicyclic) bond motifs is 1. The third kappa shape index (κ3) is 3.06. The fraction of sp³-hybridized carbons (Fsp3) is 0.167. The molecule has 3 heterocycles.